The number of halogens is 1. The highest BCUT2D eigenvalue weighted by Gasteiger charge is 2.29. The van der Waals surface area contributed by atoms with Gasteiger partial charge in [0.1, 0.15) is 6.61 Å². The normalized spacial score (nSPS) is 12.9. The van der Waals surface area contributed by atoms with Crippen LogP contribution in [0.3, 0.4) is 0 Å². The van der Waals surface area contributed by atoms with Crippen molar-refractivity contribution >= 4 is 46.2 Å². The van der Waals surface area contributed by atoms with Crippen LogP contribution in [0.5, 0.6) is 0 Å². The van der Waals surface area contributed by atoms with Gasteiger partial charge < -0.3 is 25.6 Å². The first-order valence-corrected chi connectivity index (χ1v) is 12.0. The first-order chi connectivity index (χ1) is 16.8. The molecule has 0 aliphatic heterocycles. The summed E-state index contributed by atoms with van der Waals surface area (Å²) in [5.74, 6) is -1.69. The van der Waals surface area contributed by atoms with E-state index in [-0.39, 0.29) is 31.1 Å². The Morgan fingerprint density at radius 2 is 1.60 bits per heavy atom. The molecule has 0 fully saturated rings. The summed E-state index contributed by atoms with van der Waals surface area (Å²) in [5, 5.41) is 24.3. The van der Waals surface area contributed by atoms with Crippen molar-refractivity contribution in [2.75, 3.05) is 18.5 Å². The average Bonchev–Trinajstić information content (AvgIpc) is 3.14. The molecule has 0 radical (unpaired) electrons. The van der Waals surface area contributed by atoms with Crippen LogP contribution in [0, 0.1) is 3.57 Å². The lowest BCUT2D eigenvalue weighted by atomic mass is 9.98. The number of alkyl carbamates (subject to hydrolysis) is 1. The third kappa shape index (κ3) is 5.98. The van der Waals surface area contributed by atoms with Gasteiger partial charge in [-0.3, -0.25) is 4.79 Å². The van der Waals surface area contributed by atoms with E-state index < -0.39 is 24.1 Å². The van der Waals surface area contributed by atoms with Crippen LogP contribution in [0.15, 0.2) is 66.7 Å². The van der Waals surface area contributed by atoms with E-state index in [2.05, 4.69) is 22.8 Å². The number of aromatic carboxylic acids is 1. The van der Waals surface area contributed by atoms with Crippen molar-refractivity contribution in [3.05, 3.63) is 87.0 Å². The Morgan fingerprint density at radius 3 is 2.23 bits per heavy atom. The molecular formula is C26H23IN2O6. The monoisotopic (exact) mass is 586 g/mol. The van der Waals surface area contributed by atoms with Crippen molar-refractivity contribution in [2.45, 2.75) is 18.4 Å². The van der Waals surface area contributed by atoms with E-state index >= 15 is 0 Å². The maximum Gasteiger partial charge on any atom is 0.407 e. The lowest BCUT2D eigenvalue weighted by Gasteiger charge is -2.16. The Kier molecular flexibility index (Phi) is 7.67. The van der Waals surface area contributed by atoms with Gasteiger partial charge in [-0.05, 0) is 63.0 Å². The number of nitrogens with one attached hydrogen (secondary N) is 2. The molecule has 8 nitrogen and oxygen atoms in total. The van der Waals surface area contributed by atoms with Crippen molar-refractivity contribution in [2.24, 2.45) is 0 Å². The molecule has 0 bridgehead atoms. The van der Waals surface area contributed by atoms with Crippen molar-refractivity contribution in [3.8, 4) is 11.1 Å². The first kappa shape index (κ1) is 24.7. The zero-order chi connectivity index (χ0) is 24.9. The molecule has 1 aliphatic rings. The third-order valence-electron chi connectivity index (χ3n) is 5.68. The minimum atomic E-state index is -1.14. The summed E-state index contributed by atoms with van der Waals surface area (Å²) in [5.41, 5.74) is 4.81. The number of hydrogen-bond donors (Lipinski definition) is 4. The predicted molar refractivity (Wildman–Crippen MR) is 138 cm³/mol. The van der Waals surface area contributed by atoms with Crippen LogP contribution in [0.25, 0.3) is 11.1 Å². The van der Waals surface area contributed by atoms with Crippen LogP contribution in [-0.4, -0.2) is 47.4 Å². The predicted octanol–water partition coefficient (Wildman–Crippen LogP) is 4.22. The average molecular weight is 586 g/mol. The minimum absolute atomic E-state index is 0.0460. The highest BCUT2D eigenvalue weighted by Crippen LogP contribution is 2.44. The fourth-order valence-electron chi connectivity index (χ4n) is 4.13. The third-order valence-corrected chi connectivity index (χ3v) is 6.30. The number of fused-ring (bicyclic) bond motifs is 3. The SMILES string of the molecule is O=C(CC(O)CNC(=O)OCC1c2ccccc2-c2ccccc21)Nc1cc(I)cc(C(=O)O)c1. The molecule has 0 aromatic heterocycles. The van der Waals surface area contributed by atoms with E-state index in [0.29, 0.717) is 9.26 Å². The lowest BCUT2D eigenvalue weighted by Crippen LogP contribution is -2.35. The highest BCUT2D eigenvalue weighted by atomic mass is 127. The topological polar surface area (TPSA) is 125 Å². The van der Waals surface area contributed by atoms with Crippen LogP contribution in [0.4, 0.5) is 10.5 Å². The summed E-state index contributed by atoms with van der Waals surface area (Å²) in [4.78, 5) is 35.6. The standard InChI is InChI=1S/C26H23IN2O6/c27-16-9-15(25(32)33)10-17(11-16)29-24(31)12-18(30)13-28-26(34)35-14-23-21-7-3-1-5-19(21)20-6-2-4-8-22(20)23/h1-11,18,23,30H,12-14H2,(H,28,34)(H,29,31)(H,32,33). The second-order valence-electron chi connectivity index (χ2n) is 8.15. The summed E-state index contributed by atoms with van der Waals surface area (Å²) in [6.07, 6.45) is -2.11. The molecule has 3 aromatic rings. The molecule has 9 heteroatoms. The Morgan fingerprint density at radius 1 is 0.971 bits per heavy atom. The van der Waals surface area contributed by atoms with Crippen molar-refractivity contribution < 1.29 is 29.3 Å². The summed E-state index contributed by atoms with van der Waals surface area (Å²) in [6, 6.07) is 20.5. The van der Waals surface area contributed by atoms with E-state index in [9.17, 15) is 19.5 Å². The highest BCUT2D eigenvalue weighted by molar-refractivity contribution is 14.1. The maximum atomic E-state index is 12.2. The number of carboxylic acid groups (broad SMARTS) is 1. The summed E-state index contributed by atoms with van der Waals surface area (Å²) in [6.45, 7) is -0.0220. The zero-order valence-corrected chi connectivity index (χ0v) is 20.7. The Labute approximate surface area is 215 Å². The van der Waals surface area contributed by atoms with Gasteiger partial charge in [0.2, 0.25) is 5.91 Å². The van der Waals surface area contributed by atoms with Gasteiger partial charge in [-0.1, -0.05) is 48.5 Å². The molecule has 2 amide bonds. The number of rotatable bonds is 8. The van der Waals surface area contributed by atoms with Gasteiger partial charge in [-0.15, -0.1) is 0 Å². The van der Waals surface area contributed by atoms with Gasteiger partial charge in [0.15, 0.2) is 0 Å². The van der Waals surface area contributed by atoms with Gasteiger partial charge in [0.25, 0.3) is 0 Å². The molecule has 35 heavy (non-hydrogen) atoms. The number of carbonyl (C=O) groups is 3. The van der Waals surface area contributed by atoms with E-state index in [1.165, 1.54) is 12.1 Å². The molecule has 0 saturated heterocycles. The molecule has 1 atom stereocenters. The van der Waals surface area contributed by atoms with Gasteiger partial charge in [-0.25, -0.2) is 9.59 Å². The smallest absolute Gasteiger partial charge is 0.407 e. The lowest BCUT2D eigenvalue weighted by molar-refractivity contribution is -0.118. The Balaban J connectivity index is 1.26. The molecule has 0 heterocycles. The van der Waals surface area contributed by atoms with Crippen molar-refractivity contribution in [3.63, 3.8) is 0 Å². The molecule has 180 valence electrons. The fraction of sp³-hybridized carbons (Fsp3) is 0.192. The summed E-state index contributed by atoms with van der Waals surface area (Å²) in [7, 11) is 0. The quantitative estimate of drug-likeness (QED) is 0.293. The molecule has 4 rings (SSSR count). The van der Waals surface area contributed by atoms with Crippen LogP contribution in [-0.2, 0) is 9.53 Å². The number of ether oxygens (including phenoxy) is 1. The molecule has 4 N–H and O–H groups in total. The second-order valence-corrected chi connectivity index (χ2v) is 9.39. The van der Waals surface area contributed by atoms with Gasteiger partial charge >= 0.3 is 12.1 Å². The summed E-state index contributed by atoms with van der Waals surface area (Å²) >= 11 is 1.95. The van der Waals surface area contributed by atoms with Crippen molar-refractivity contribution in [1.29, 1.82) is 0 Å². The van der Waals surface area contributed by atoms with Gasteiger partial charge in [-0.2, -0.15) is 0 Å². The number of amides is 2. The number of carbonyl (C=O) groups excluding carboxylic acids is 2. The number of carboxylic acids is 1. The second kappa shape index (κ2) is 10.9. The molecule has 1 unspecified atom stereocenters. The number of aliphatic hydroxyl groups excluding tert-OH is 1. The van der Waals surface area contributed by atoms with E-state index in [4.69, 9.17) is 9.84 Å². The molecule has 0 spiro atoms. The Bertz CT molecular complexity index is 1230. The van der Waals surface area contributed by atoms with Crippen LogP contribution in [0.2, 0.25) is 0 Å². The Hall–Kier alpha value is -3.44. The largest absolute Gasteiger partial charge is 0.478 e. The van der Waals surface area contributed by atoms with Crippen LogP contribution >= 0.6 is 22.6 Å². The number of aliphatic hydroxyl groups is 1. The number of anilines is 1. The fourth-order valence-corrected chi connectivity index (χ4v) is 4.81. The number of hydrogen-bond acceptors (Lipinski definition) is 5. The van der Waals surface area contributed by atoms with Crippen molar-refractivity contribution in [1.82, 2.24) is 5.32 Å². The first-order valence-electron chi connectivity index (χ1n) is 10.9. The zero-order valence-electron chi connectivity index (χ0n) is 18.5. The molecule has 0 saturated carbocycles. The molecular weight excluding hydrogens is 563 g/mol. The molecule has 3 aromatic carbocycles. The van der Waals surface area contributed by atoms with E-state index in [1.54, 1.807) is 6.07 Å². The molecule has 1 aliphatic carbocycles. The minimum Gasteiger partial charge on any atom is -0.478 e. The van der Waals surface area contributed by atoms with Gasteiger partial charge in [0.05, 0.1) is 18.1 Å². The van der Waals surface area contributed by atoms with E-state index in [0.717, 1.165) is 22.3 Å². The van der Waals surface area contributed by atoms with Gasteiger partial charge in [0, 0.05) is 21.7 Å². The number of benzene rings is 3. The van der Waals surface area contributed by atoms with E-state index in [1.807, 2.05) is 59.0 Å². The van der Waals surface area contributed by atoms with Crippen LogP contribution in [0.1, 0.15) is 33.8 Å². The maximum absolute atomic E-state index is 12.2. The van der Waals surface area contributed by atoms with Crippen LogP contribution < -0.4 is 10.6 Å². The summed E-state index contributed by atoms with van der Waals surface area (Å²) < 4.78 is 6.07.